The summed E-state index contributed by atoms with van der Waals surface area (Å²) in [6, 6.07) is 21.3. The van der Waals surface area contributed by atoms with Crippen molar-refractivity contribution in [3.8, 4) is 0 Å². The summed E-state index contributed by atoms with van der Waals surface area (Å²) in [5.41, 5.74) is 1.94. The Morgan fingerprint density at radius 1 is 0.769 bits per heavy atom. The summed E-state index contributed by atoms with van der Waals surface area (Å²) in [5.74, 6) is -1.56. The van der Waals surface area contributed by atoms with E-state index in [2.05, 4.69) is 21.3 Å². The molecule has 0 unspecified atom stereocenters. The molecule has 9 nitrogen and oxygen atoms in total. The number of ether oxygens (including phenoxy) is 1. The lowest BCUT2D eigenvalue weighted by atomic mass is 10.0. The zero-order chi connectivity index (χ0) is 28.0. The first-order valence-corrected chi connectivity index (χ1v) is 13.0. The van der Waals surface area contributed by atoms with Crippen LogP contribution in [0.15, 0.2) is 72.8 Å². The van der Waals surface area contributed by atoms with Gasteiger partial charge in [0.05, 0.1) is 6.61 Å². The van der Waals surface area contributed by atoms with Crippen LogP contribution in [0, 0.1) is 0 Å². The molecule has 39 heavy (non-hydrogen) atoms. The van der Waals surface area contributed by atoms with Crippen molar-refractivity contribution in [1.29, 1.82) is 0 Å². The fourth-order valence-corrected chi connectivity index (χ4v) is 4.21. The topological polar surface area (TPSA) is 126 Å². The smallest absolute Gasteiger partial charge is 0.245 e. The predicted octanol–water partition coefficient (Wildman–Crippen LogP) is 2.23. The lowest BCUT2D eigenvalue weighted by Gasteiger charge is -2.23. The number of carbonyl (C=O) groups excluding carboxylic acids is 4. The van der Waals surface area contributed by atoms with Crippen molar-refractivity contribution in [1.82, 2.24) is 21.3 Å². The van der Waals surface area contributed by atoms with E-state index in [4.69, 9.17) is 4.74 Å². The van der Waals surface area contributed by atoms with Gasteiger partial charge in [0.1, 0.15) is 12.1 Å². The normalized spacial score (nSPS) is 12.3. The van der Waals surface area contributed by atoms with E-state index in [1.807, 2.05) is 72.8 Å². The molecule has 0 aromatic heterocycles. The molecule has 0 saturated heterocycles. The standard InChI is InChI=1S/C30H36N4O5/c1-31-27(35)18-16-25(33-28(36)17-15-21-9-4-3-5-10-21)30(38)34-26(20-39-2)29(37)32-19-23-13-8-12-22-11-6-7-14-24(22)23/h3-14,25-26H,15-20H2,1-2H3,(H,31,35)(H,32,37)(H,33,36)(H,34,38)/t25-,26-/m0/s1. The average Bonchev–Trinajstić information content (AvgIpc) is 2.96. The molecule has 0 spiro atoms. The van der Waals surface area contributed by atoms with Crippen LogP contribution in [0.1, 0.15) is 30.4 Å². The van der Waals surface area contributed by atoms with Gasteiger partial charge in [0.15, 0.2) is 0 Å². The Morgan fingerprint density at radius 3 is 2.23 bits per heavy atom. The maximum atomic E-state index is 13.2. The number of amides is 4. The molecule has 0 fully saturated rings. The number of methoxy groups -OCH3 is 1. The van der Waals surface area contributed by atoms with Crippen molar-refractivity contribution in [2.75, 3.05) is 20.8 Å². The SMILES string of the molecule is CNC(=O)CC[C@H](NC(=O)CCc1ccccc1)C(=O)N[C@@H](COC)C(=O)NCc1cccc2ccccc12. The minimum Gasteiger partial charge on any atom is -0.382 e. The molecule has 3 aromatic rings. The van der Waals surface area contributed by atoms with Gasteiger partial charge in [-0.15, -0.1) is 0 Å². The molecule has 4 amide bonds. The molecule has 2 atom stereocenters. The van der Waals surface area contributed by atoms with Crippen molar-refractivity contribution in [3.63, 3.8) is 0 Å². The van der Waals surface area contributed by atoms with E-state index in [9.17, 15) is 19.2 Å². The van der Waals surface area contributed by atoms with Gasteiger partial charge < -0.3 is 26.0 Å². The molecule has 3 rings (SSSR count). The predicted molar refractivity (Wildman–Crippen MR) is 150 cm³/mol. The van der Waals surface area contributed by atoms with E-state index in [0.717, 1.165) is 21.9 Å². The van der Waals surface area contributed by atoms with Crippen LogP contribution < -0.4 is 21.3 Å². The molecule has 0 saturated carbocycles. The van der Waals surface area contributed by atoms with Crippen molar-refractivity contribution in [2.24, 2.45) is 0 Å². The van der Waals surface area contributed by atoms with Gasteiger partial charge in [-0.25, -0.2) is 0 Å². The number of carbonyl (C=O) groups is 4. The van der Waals surface area contributed by atoms with E-state index in [0.29, 0.717) is 6.42 Å². The fraction of sp³-hybridized carbons (Fsp3) is 0.333. The summed E-state index contributed by atoms with van der Waals surface area (Å²) >= 11 is 0. The third kappa shape index (κ3) is 9.22. The first-order valence-electron chi connectivity index (χ1n) is 13.0. The van der Waals surface area contributed by atoms with Crippen LogP contribution in [0.4, 0.5) is 0 Å². The van der Waals surface area contributed by atoms with Gasteiger partial charge in [0.25, 0.3) is 0 Å². The first-order chi connectivity index (χ1) is 18.9. The molecule has 0 aliphatic carbocycles. The zero-order valence-electron chi connectivity index (χ0n) is 22.4. The Labute approximate surface area is 228 Å². The van der Waals surface area contributed by atoms with E-state index in [1.165, 1.54) is 14.2 Å². The zero-order valence-corrected chi connectivity index (χ0v) is 22.4. The molecule has 4 N–H and O–H groups in total. The summed E-state index contributed by atoms with van der Waals surface area (Å²) in [5, 5.41) is 12.9. The molecule has 3 aromatic carbocycles. The van der Waals surface area contributed by atoms with E-state index in [-0.39, 0.29) is 44.2 Å². The van der Waals surface area contributed by atoms with E-state index in [1.54, 1.807) is 0 Å². The molecule has 206 valence electrons. The van der Waals surface area contributed by atoms with Crippen LogP contribution in [-0.4, -0.2) is 56.5 Å². The van der Waals surface area contributed by atoms with Crippen molar-refractivity contribution in [3.05, 3.63) is 83.9 Å². The van der Waals surface area contributed by atoms with Crippen molar-refractivity contribution >= 4 is 34.4 Å². The highest BCUT2D eigenvalue weighted by atomic mass is 16.5. The van der Waals surface area contributed by atoms with Crippen molar-refractivity contribution < 1.29 is 23.9 Å². The highest BCUT2D eigenvalue weighted by Gasteiger charge is 2.27. The molecule has 0 bridgehead atoms. The number of rotatable bonds is 14. The molecule has 9 heteroatoms. The lowest BCUT2D eigenvalue weighted by Crippen LogP contribution is -2.55. The Hall–Kier alpha value is -4.24. The van der Waals surface area contributed by atoms with Gasteiger partial charge >= 0.3 is 0 Å². The second kappa shape index (κ2) is 15.2. The quantitative estimate of drug-likeness (QED) is 0.253. The van der Waals surface area contributed by atoms with Gasteiger partial charge in [0, 0.05) is 33.5 Å². The molecule has 0 radical (unpaired) electrons. The monoisotopic (exact) mass is 532 g/mol. The minimum absolute atomic E-state index is 0.0375. The largest absolute Gasteiger partial charge is 0.382 e. The van der Waals surface area contributed by atoms with Crippen LogP contribution in [-0.2, 0) is 36.9 Å². The molecule has 0 aliphatic heterocycles. The number of benzene rings is 3. The summed E-state index contributed by atoms with van der Waals surface area (Å²) in [7, 11) is 2.94. The second-order valence-electron chi connectivity index (χ2n) is 9.19. The van der Waals surface area contributed by atoms with Crippen molar-refractivity contribution in [2.45, 2.75) is 44.3 Å². The average molecular weight is 533 g/mol. The number of nitrogens with one attached hydrogen (secondary N) is 4. The number of fused-ring (bicyclic) bond motifs is 1. The van der Waals surface area contributed by atoms with Gasteiger partial charge in [-0.2, -0.15) is 0 Å². The summed E-state index contributed by atoms with van der Waals surface area (Å²) in [6.45, 7) is 0.212. The Kier molecular flexibility index (Phi) is 11.5. The second-order valence-corrected chi connectivity index (χ2v) is 9.19. The number of aryl methyl sites for hydroxylation is 1. The summed E-state index contributed by atoms with van der Waals surface area (Å²) < 4.78 is 5.19. The molecule has 0 heterocycles. The first kappa shape index (κ1) is 29.3. The maximum Gasteiger partial charge on any atom is 0.245 e. The van der Waals surface area contributed by atoms with E-state index < -0.39 is 23.9 Å². The fourth-order valence-electron chi connectivity index (χ4n) is 4.21. The summed E-state index contributed by atoms with van der Waals surface area (Å²) in [6.07, 6.45) is 0.815. The van der Waals surface area contributed by atoms with Crippen LogP contribution in [0.3, 0.4) is 0 Å². The molecule has 0 aliphatic rings. The third-order valence-corrected chi connectivity index (χ3v) is 6.37. The highest BCUT2D eigenvalue weighted by molar-refractivity contribution is 5.93. The Balaban J connectivity index is 1.63. The Morgan fingerprint density at radius 2 is 1.49 bits per heavy atom. The van der Waals surface area contributed by atoms with Crippen LogP contribution in [0.5, 0.6) is 0 Å². The van der Waals surface area contributed by atoms with Gasteiger partial charge in [-0.1, -0.05) is 72.8 Å². The van der Waals surface area contributed by atoms with Gasteiger partial charge in [-0.05, 0) is 34.7 Å². The van der Waals surface area contributed by atoms with Crippen LogP contribution in [0.25, 0.3) is 10.8 Å². The molecular formula is C30H36N4O5. The van der Waals surface area contributed by atoms with Crippen LogP contribution >= 0.6 is 0 Å². The van der Waals surface area contributed by atoms with E-state index >= 15 is 0 Å². The Bertz CT molecular complexity index is 1260. The highest BCUT2D eigenvalue weighted by Crippen LogP contribution is 2.18. The third-order valence-electron chi connectivity index (χ3n) is 6.37. The minimum atomic E-state index is -0.990. The lowest BCUT2D eigenvalue weighted by molar-refractivity contribution is -0.133. The summed E-state index contributed by atoms with van der Waals surface area (Å²) in [4.78, 5) is 50.7. The molecular weight excluding hydrogens is 496 g/mol. The number of hydrogen-bond donors (Lipinski definition) is 4. The maximum absolute atomic E-state index is 13.2. The van der Waals surface area contributed by atoms with Gasteiger partial charge in [0.2, 0.25) is 23.6 Å². The number of hydrogen-bond acceptors (Lipinski definition) is 5. The van der Waals surface area contributed by atoms with Gasteiger partial charge in [-0.3, -0.25) is 19.2 Å². The van der Waals surface area contributed by atoms with Crippen LogP contribution in [0.2, 0.25) is 0 Å².